The highest BCUT2D eigenvalue weighted by atomic mass is 35.5. The first-order chi connectivity index (χ1) is 11.1. The Morgan fingerprint density at radius 3 is 2.74 bits per heavy atom. The Kier molecular flexibility index (Phi) is 3.47. The molecule has 4 nitrogen and oxygen atoms in total. The van der Waals surface area contributed by atoms with Gasteiger partial charge in [0.15, 0.2) is 0 Å². The van der Waals surface area contributed by atoms with E-state index >= 15 is 0 Å². The van der Waals surface area contributed by atoms with Crippen molar-refractivity contribution in [1.29, 1.82) is 0 Å². The third kappa shape index (κ3) is 2.46. The summed E-state index contributed by atoms with van der Waals surface area (Å²) in [6, 6.07) is 10.1. The predicted molar refractivity (Wildman–Crippen MR) is 90.2 cm³/mol. The van der Waals surface area contributed by atoms with Crippen LogP contribution in [0.3, 0.4) is 0 Å². The second kappa shape index (κ2) is 5.39. The molecule has 2 aliphatic rings. The Morgan fingerprint density at radius 2 is 2.09 bits per heavy atom. The van der Waals surface area contributed by atoms with Gasteiger partial charge >= 0.3 is 0 Å². The van der Waals surface area contributed by atoms with E-state index in [1.165, 1.54) is 11.1 Å². The molecule has 0 atom stereocenters. The Hall–Kier alpha value is -1.78. The number of anilines is 1. The Bertz CT molecular complexity index is 726. The summed E-state index contributed by atoms with van der Waals surface area (Å²) in [5, 5.41) is 10.5. The van der Waals surface area contributed by atoms with Gasteiger partial charge in [-0.3, -0.25) is 0 Å². The number of hydrogen-bond donors (Lipinski definition) is 1. The van der Waals surface area contributed by atoms with Gasteiger partial charge in [-0.05, 0) is 36.6 Å². The number of methoxy groups -OCH3 is 1. The minimum absolute atomic E-state index is 0.0130. The first-order valence-corrected chi connectivity index (χ1v) is 8.19. The number of aromatic nitrogens is 1. The van der Waals surface area contributed by atoms with Crippen LogP contribution in [-0.2, 0) is 12.0 Å². The standard InChI is InChI=1S/C18H19ClN2O2/c1-23-15-4-2-12(3-5-15)10-21-11-18(7-14(22)8-18)16-6-13(19)9-20-17(16)21/h2-6,9,14,22H,7-8,10-11H2,1H3. The summed E-state index contributed by atoms with van der Waals surface area (Å²) in [7, 11) is 1.67. The van der Waals surface area contributed by atoms with Gasteiger partial charge in [0, 0.05) is 30.3 Å². The van der Waals surface area contributed by atoms with Crippen molar-refractivity contribution in [2.75, 3.05) is 18.6 Å². The number of benzene rings is 1. The molecule has 5 heteroatoms. The summed E-state index contributed by atoms with van der Waals surface area (Å²) in [6.07, 6.45) is 3.08. The zero-order chi connectivity index (χ0) is 16.0. The van der Waals surface area contributed by atoms with Crippen molar-refractivity contribution < 1.29 is 9.84 Å². The molecule has 1 fully saturated rings. The van der Waals surface area contributed by atoms with Gasteiger partial charge in [-0.1, -0.05) is 23.7 Å². The van der Waals surface area contributed by atoms with Crippen LogP contribution in [0.4, 0.5) is 5.82 Å². The van der Waals surface area contributed by atoms with Crippen LogP contribution in [-0.4, -0.2) is 29.8 Å². The molecule has 23 heavy (non-hydrogen) atoms. The fourth-order valence-corrected chi connectivity index (χ4v) is 4.03. The molecular weight excluding hydrogens is 312 g/mol. The van der Waals surface area contributed by atoms with Crippen LogP contribution in [0, 0.1) is 0 Å². The van der Waals surface area contributed by atoms with Crippen LogP contribution in [0.5, 0.6) is 5.75 Å². The number of fused-ring (bicyclic) bond motifs is 2. The molecule has 0 unspecified atom stereocenters. The smallest absolute Gasteiger partial charge is 0.132 e. The minimum Gasteiger partial charge on any atom is -0.497 e. The average Bonchev–Trinajstić information content (AvgIpc) is 2.82. The van der Waals surface area contributed by atoms with Gasteiger partial charge in [0.1, 0.15) is 11.6 Å². The van der Waals surface area contributed by atoms with E-state index in [2.05, 4.69) is 22.0 Å². The number of halogens is 1. The lowest BCUT2D eigenvalue weighted by atomic mass is 9.64. The Morgan fingerprint density at radius 1 is 1.35 bits per heavy atom. The summed E-state index contributed by atoms with van der Waals surface area (Å²) < 4.78 is 5.21. The van der Waals surface area contributed by atoms with Crippen LogP contribution in [0.25, 0.3) is 0 Å². The quantitative estimate of drug-likeness (QED) is 0.939. The number of aliphatic hydroxyl groups is 1. The molecule has 0 bridgehead atoms. The van der Waals surface area contributed by atoms with Crippen molar-refractivity contribution in [3.05, 3.63) is 52.7 Å². The number of hydrogen-bond acceptors (Lipinski definition) is 4. The van der Waals surface area contributed by atoms with E-state index in [0.717, 1.165) is 37.5 Å². The Balaban J connectivity index is 1.63. The number of rotatable bonds is 3. The first kappa shape index (κ1) is 14.8. The van der Waals surface area contributed by atoms with E-state index in [4.69, 9.17) is 16.3 Å². The van der Waals surface area contributed by atoms with Crippen LogP contribution < -0.4 is 9.64 Å². The van der Waals surface area contributed by atoms with E-state index in [-0.39, 0.29) is 11.5 Å². The molecule has 2 aromatic rings. The normalized spacial score (nSPS) is 25.3. The summed E-state index contributed by atoms with van der Waals surface area (Å²) in [5.41, 5.74) is 2.41. The molecule has 4 rings (SSSR count). The van der Waals surface area contributed by atoms with Gasteiger partial charge in [0.25, 0.3) is 0 Å². The van der Waals surface area contributed by atoms with Crippen molar-refractivity contribution in [1.82, 2.24) is 4.98 Å². The highest BCUT2D eigenvalue weighted by Crippen LogP contribution is 2.52. The maximum absolute atomic E-state index is 9.82. The summed E-state index contributed by atoms with van der Waals surface area (Å²) >= 11 is 6.15. The number of nitrogens with zero attached hydrogens (tertiary/aromatic N) is 2. The molecule has 1 aliphatic heterocycles. The van der Waals surface area contributed by atoms with E-state index in [0.29, 0.717) is 5.02 Å². The Labute approximate surface area is 140 Å². The van der Waals surface area contributed by atoms with E-state index in [1.807, 2.05) is 18.2 Å². The summed E-state index contributed by atoms with van der Waals surface area (Å²) in [4.78, 5) is 6.85. The van der Waals surface area contributed by atoms with Crippen LogP contribution in [0.15, 0.2) is 36.5 Å². The van der Waals surface area contributed by atoms with Crippen LogP contribution in [0.2, 0.25) is 5.02 Å². The van der Waals surface area contributed by atoms with Crippen molar-refractivity contribution in [3.8, 4) is 5.75 Å². The lowest BCUT2D eigenvalue weighted by molar-refractivity contribution is 0.0256. The third-order valence-corrected chi connectivity index (χ3v) is 5.19. The third-order valence-electron chi connectivity index (χ3n) is 4.98. The number of ether oxygens (including phenoxy) is 1. The molecule has 1 N–H and O–H groups in total. The molecule has 2 heterocycles. The van der Waals surface area contributed by atoms with Crippen molar-refractivity contribution in [2.45, 2.75) is 30.9 Å². The molecular formula is C18H19ClN2O2. The van der Waals surface area contributed by atoms with Gasteiger partial charge in [0.2, 0.25) is 0 Å². The molecule has 1 aromatic carbocycles. The highest BCUT2D eigenvalue weighted by molar-refractivity contribution is 6.30. The molecule has 0 saturated heterocycles. The second-order valence-electron chi connectivity index (χ2n) is 6.57. The monoisotopic (exact) mass is 330 g/mol. The maximum atomic E-state index is 9.82. The topological polar surface area (TPSA) is 45.6 Å². The largest absolute Gasteiger partial charge is 0.497 e. The molecule has 1 saturated carbocycles. The molecule has 120 valence electrons. The average molecular weight is 331 g/mol. The van der Waals surface area contributed by atoms with Gasteiger partial charge in [-0.15, -0.1) is 0 Å². The zero-order valence-corrected chi connectivity index (χ0v) is 13.8. The van der Waals surface area contributed by atoms with Gasteiger partial charge < -0.3 is 14.7 Å². The lowest BCUT2D eigenvalue weighted by Crippen LogP contribution is -2.47. The number of pyridine rings is 1. The molecule has 0 amide bonds. The predicted octanol–water partition coefficient (Wildman–Crippen LogP) is 3.16. The van der Waals surface area contributed by atoms with Crippen LogP contribution >= 0.6 is 11.6 Å². The van der Waals surface area contributed by atoms with Gasteiger partial charge in [0.05, 0.1) is 18.2 Å². The zero-order valence-electron chi connectivity index (χ0n) is 13.0. The first-order valence-electron chi connectivity index (χ1n) is 7.82. The fourth-order valence-electron chi connectivity index (χ4n) is 3.87. The second-order valence-corrected chi connectivity index (χ2v) is 7.01. The van der Waals surface area contributed by atoms with Gasteiger partial charge in [-0.2, -0.15) is 0 Å². The maximum Gasteiger partial charge on any atom is 0.132 e. The lowest BCUT2D eigenvalue weighted by Gasteiger charge is -2.43. The molecule has 1 aromatic heterocycles. The fraction of sp³-hybridized carbons (Fsp3) is 0.389. The minimum atomic E-state index is -0.206. The highest BCUT2D eigenvalue weighted by Gasteiger charge is 2.52. The van der Waals surface area contributed by atoms with E-state index < -0.39 is 0 Å². The van der Waals surface area contributed by atoms with Crippen molar-refractivity contribution in [2.24, 2.45) is 0 Å². The van der Waals surface area contributed by atoms with Crippen molar-refractivity contribution in [3.63, 3.8) is 0 Å². The van der Waals surface area contributed by atoms with Crippen LogP contribution in [0.1, 0.15) is 24.0 Å². The molecule has 0 radical (unpaired) electrons. The van der Waals surface area contributed by atoms with Gasteiger partial charge in [-0.25, -0.2) is 4.98 Å². The number of aliphatic hydroxyl groups excluding tert-OH is 1. The summed E-state index contributed by atoms with van der Waals surface area (Å²) in [5.74, 6) is 1.86. The van der Waals surface area contributed by atoms with E-state index in [9.17, 15) is 5.11 Å². The van der Waals surface area contributed by atoms with Crippen molar-refractivity contribution >= 4 is 17.4 Å². The summed E-state index contributed by atoms with van der Waals surface area (Å²) in [6.45, 7) is 1.68. The molecule has 1 aliphatic carbocycles. The SMILES string of the molecule is COc1ccc(CN2CC3(CC(O)C3)c3cc(Cl)cnc32)cc1. The molecule has 1 spiro atoms. The van der Waals surface area contributed by atoms with E-state index in [1.54, 1.807) is 13.3 Å².